The maximum atomic E-state index is 5.99. The van der Waals surface area contributed by atoms with E-state index in [1.807, 2.05) is 38.1 Å². The number of guanidine groups is 1. The number of aryl methyl sites for hydroxylation is 2. The number of halogens is 1. The highest BCUT2D eigenvalue weighted by molar-refractivity contribution is 14.0. The van der Waals surface area contributed by atoms with Gasteiger partial charge in [-0.15, -0.1) is 34.2 Å². The molecular formula is C20H31IN6O. The lowest BCUT2D eigenvalue weighted by Gasteiger charge is -2.11. The van der Waals surface area contributed by atoms with Gasteiger partial charge in [0.25, 0.3) is 0 Å². The highest BCUT2D eigenvalue weighted by Gasteiger charge is 2.13. The fraction of sp³-hybridized carbons (Fsp3) is 0.550. The Morgan fingerprint density at radius 3 is 2.75 bits per heavy atom. The first kappa shape index (κ1) is 22.4. The largest absolute Gasteiger partial charge is 0.491 e. The molecule has 8 heteroatoms. The first-order valence-corrected chi connectivity index (χ1v) is 9.86. The second-order valence-corrected chi connectivity index (χ2v) is 7.18. The minimum atomic E-state index is 0. The molecule has 0 amide bonds. The third-order valence-electron chi connectivity index (χ3n) is 4.53. The molecular weight excluding hydrogens is 467 g/mol. The van der Waals surface area contributed by atoms with Gasteiger partial charge in [-0.2, -0.15) is 0 Å². The summed E-state index contributed by atoms with van der Waals surface area (Å²) in [5, 5.41) is 11.8. The summed E-state index contributed by atoms with van der Waals surface area (Å²) in [6.45, 7) is 5.72. The maximum absolute atomic E-state index is 5.99. The number of fused-ring (bicyclic) bond motifs is 1. The van der Waals surface area contributed by atoms with Gasteiger partial charge in [0.1, 0.15) is 17.4 Å². The van der Waals surface area contributed by atoms with Crippen LogP contribution in [0.1, 0.15) is 51.2 Å². The molecule has 1 aliphatic heterocycles. The number of nitrogens with two attached hydrogens (primary N) is 1. The number of ether oxygens (including phenoxy) is 1. The molecule has 0 aliphatic carbocycles. The minimum absolute atomic E-state index is 0. The number of aromatic nitrogens is 3. The van der Waals surface area contributed by atoms with Crippen molar-refractivity contribution in [3.05, 3.63) is 35.9 Å². The van der Waals surface area contributed by atoms with E-state index in [1.165, 1.54) is 19.3 Å². The van der Waals surface area contributed by atoms with Crippen LogP contribution in [0.3, 0.4) is 0 Å². The second-order valence-electron chi connectivity index (χ2n) is 7.18. The molecule has 1 aromatic heterocycles. The fourth-order valence-electron chi connectivity index (χ4n) is 3.24. The first-order valence-electron chi connectivity index (χ1n) is 9.86. The van der Waals surface area contributed by atoms with Gasteiger partial charge in [0.15, 0.2) is 5.96 Å². The highest BCUT2D eigenvalue weighted by Crippen LogP contribution is 2.17. The third-order valence-corrected chi connectivity index (χ3v) is 4.53. The summed E-state index contributed by atoms with van der Waals surface area (Å²) in [6, 6.07) is 7.72. The average Bonchev–Trinajstić information content (AvgIpc) is 2.86. The number of anilines is 1. The Kier molecular flexibility index (Phi) is 9.01. The number of hydrogen-bond donors (Lipinski definition) is 2. The van der Waals surface area contributed by atoms with E-state index in [-0.39, 0.29) is 30.1 Å². The number of nitrogens with zero attached hydrogens (tertiary/aromatic N) is 4. The van der Waals surface area contributed by atoms with Crippen LogP contribution in [0.5, 0.6) is 5.75 Å². The van der Waals surface area contributed by atoms with Gasteiger partial charge < -0.3 is 20.4 Å². The van der Waals surface area contributed by atoms with Crippen molar-refractivity contribution in [2.45, 2.75) is 65.0 Å². The zero-order valence-corrected chi connectivity index (χ0v) is 19.1. The summed E-state index contributed by atoms with van der Waals surface area (Å²) in [5.74, 6) is 3.48. The molecule has 0 spiro atoms. The summed E-state index contributed by atoms with van der Waals surface area (Å²) in [5.41, 5.74) is 6.89. The SMILES string of the molecule is CC(C)Oc1ccc(NC(N)=NCCCc2nnc3n2CCCCC3)cc1.I. The Balaban J connectivity index is 0.00000280. The predicted octanol–water partition coefficient (Wildman–Crippen LogP) is 3.77. The topological polar surface area (TPSA) is 90.3 Å². The molecule has 0 atom stereocenters. The van der Waals surface area contributed by atoms with Crippen molar-refractivity contribution in [2.75, 3.05) is 11.9 Å². The van der Waals surface area contributed by atoms with E-state index in [1.54, 1.807) is 0 Å². The molecule has 3 N–H and O–H groups in total. The second kappa shape index (κ2) is 11.2. The van der Waals surface area contributed by atoms with Crippen molar-refractivity contribution in [1.29, 1.82) is 0 Å². The van der Waals surface area contributed by atoms with Gasteiger partial charge in [0.05, 0.1) is 6.10 Å². The Hall–Kier alpha value is -1.84. The van der Waals surface area contributed by atoms with Crippen molar-refractivity contribution in [2.24, 2.45) is 10.7 Å². The molecule has 0 unspecified atom stereocenters. The van der Waals surface area contributed by atoms with Gasteiger partial charge in [-0.1, -0.05) is 6.42 Å². The monoisotopic (exact) mass is 498 g/mol. The Labute approximate surface area is 184 Å². The standard InChI is InChI=1S/C20H30N6O.HI/c1-15(2)27-17-11-9-16(10-12-17)23-20(21)22-13-6-8-19-25-24-18-7-4-3-5-14-26(18)19;/h9-12,15H,3-8,13-14H2,1-2H3,(H3,21,22,23);1H. The molecule has 2 aromatic rings. The van der Waals surface area contributed by atoms with Crippen LogP contribution in [0.2, 0.25) is 0 Å². The first-order chi connectivity index (χ1) is 13.1. The van der Waals surface area contributed by atoms with Gasteiger partial charge >= 0.3 is 0 Å². The van der Waals surface area contributed by atoms with Gasteiger partial charge in [-0.05, 0) is 57.4 Å². The lowest BCUT2D eigenvalue weighted by atomic mass is 10.2. The normalized spacial score (nSPS) is 14.2. The summed E-state index contributed by atoms with van der Waals surface area (Å²) < 4.78 is 7.92. The molecule has 1 aliphatic rings. The van der Waals surface area contributed by atoms with Crippen molar-refractivity contribution < 1.29 is 4.74 Å². The smallest absolute Gasteiger partial charge is 0.193 e. The van der Waals surface area contributed by atoms with Crippen LogP contribution in [-0.2, 0) is 19.4 Å². The zero-order valence-electron chi connectivity index (χ0n) is 16.7. The molecule has 0 saturated heterocycles. The molecule has 3 rings (SSSR count). The number of aliphatic imine (C=N–C) groups is 1. The summed E-state index contributed by atoms with van der Waals surface area (Å²) in [7, 11) is 0. The number of hydrogen-bond acceptors (Lipinski definition) is 4. The van der Waals surface area contributed by atoms with E-state index in [9.17, 15) is 0 Å². The average molecular weight is 498 g/mol. The van der Waals surface area contributed by atoms with Crippen molar-refractivity contribution in [3.8, 4) is 5.75 Å². The van der Waals surface area contributed by atoms with E-state index in [4.69, 9.17) is 10.5 Å². The molecule has 0 bridgehead atoms. The van der Waals surface area contributed by atoms with E-state index >= 15 is 0 Å². The van der Waals surface area contributed by atoms with E-state index < -0.39 is 0 Å². The van der Waals surface area contributed by atoms with E-state index in [0.717, 1.165) is 48.9 Å². The molecule has 0 radical (unpaired) electrons. The van der Waals surface area contributed by atoms with Crippen LogP contribution >= 0.6 is 24.0 Å². The molecule has 0 fully saturated rings. The van der Waals surface area contributed by atoms with Gasteiger partial charge in [0, 0.05) is 31.6 Å². The maximum Gasteiger partial charge on any atom is 0.193 e. The molecule has 7 nitrogen and oxygen atoms in total. The van der Waals surface area contributed by atoms with Crippen molar-refractivity contribution in [3.63, 3.8) is 0 Å². The van der Waals surface area contributed by atoms with Gasteiger partial charge in [0.2, 0.25) is 0 Å². The summed E-state index contributed by atoms with van der Waals surface area (Å²) in [4.78, 5) is 4.41. The van der Waals surface area contributed by atoms with Crippen LogP contribution in [0.4, 0.5) is 5.69 Å². The summed E-state index contributed by atoms with van der Waals surface area (Å²) in [6.07, 6.45) is 6.70. The lowest BCUT2D eigenvalue weighted by Crippen LogP contribution is -2.23. The number of benzene rings is 1. The molecule has 0 saturated carbocycles. The lowest BCUT2D eigenvalue weighted by molar-refractivity contribution is 0.242. The molecule has 28 heavy (non-hydrogen) atoms. The van der Waals surface area contributed by atoms with Crippen LogP contribution < -0.4 is 15.8 Å². The number of nitrogens with one attached hydrogen (secondary N) is 1. The Morgan fingerprint density at radius 1 is 1.21 bits per heavy atom. The van der Waals surface area contributed by atoms with Crippen molar-refractivity contribution in [1.82, 2.24) is 14.8 Å². The van der Waals surface area contributed by atoms with E-state index in [2.05, 4.69) is 25.1 Å². The van der Waals surface area contributed by atoms with Crippen LogP contribution in [0, 0.1) is 0 Å². The van der Waals surface area contributed by atoms with E-state index in [0.29, 0.717) is 12.5 Å². The third kappa shape index (κ3) is 6.65. The van der Waals surface area contributed by atoms with Gasteiger partial charge in [-0.25, -0.2) is 0 Å². The van der Waals surface area contributed by atoms with Crippen LogP contribution in [0.15, 0.2) is 29.3 Å². The molecule has 1 aromatic carbocycles. The summed E-state index contributed by atoms with van der Waals surface area (Å²) >= 11 is 0. The predicted molar refractivity (Wildman–Crippen MR) is 124 cm³/mol. The van der Waals surface area contributed by atoms with Crippen LogP contribution in [-0.4, -0.2) is 33.4 Å². The Morgan fingerprint density at radius 2 is 2.00 bits per heavy atom. The molecule has 154 valence electrons. The number of rotatable bonds is 7. The minimum Gasteiger partial charge on any atom is -0.491 e. The Bertz CT molecular complexity index is 757. The highest BCUT2D eigenvalue weighted by atomic mass is 127. The zero-order chi connectivity index (χ0) is 19.1. The fourth-order valence-corrected chi connectivity index (χ4v) is 3.24. The van der Waals surface area contributed by atoms with Crippen LogP contribution in [0.25, 0.3) is 0 Å². The van der Waals surface area contributed by atoms with Gasteiger partial charge in [-0.3, -0.25) is 4.99 Å². The molecule has 2 heterocycles. The van der Waals surface area contributed by atoms with Crippen molar-refractivity contribution >= 4 is 35.6 Å². The quantitative estimate of drug-likeness (QED) is 0.263.